The number of rotatable bonds is 3. The van der Waals surface area contributed by atoms with E-state index in [0.717, 1.165) is 4.57 Å². The Kier molecular flexibility index (Phi) is 4.09. The third-order valence-electron chi connectivity index (χ3n) is 3.29. The van der Waals surface area contributed by atoms with E-state index in [1.165, 1.54) is 29.8 Å². The van der Waals surface area contributed by atoms with E-state index < -0.39 is 17.5 Å². The number of benzene rings is 1. The minimum Gasteiger partial charge on any atom is -0.351 e. The molecule has 3 aromatic rings. The molecule has 2 aromatic heterocycles. The van der Waals surface area contributed by atoms with E-state index in [4.69, 9.17) is 5.73 Å². The molecule has 24 heavy (non-hydrogen) atoms. The van der Waals surface area contributed by atoms with Crippen molar-refractivity contribution in [2.75, 3.05) is 0 Å². The number of carbonyl (C=O) groups excluding carboxylic acids is 2. The number of fused-ring (bicyclic) bond motifs is 1. The molecule has 1 aromatic carbocycles. The number of nitrogens with zero attached hydrogens (tertiary/aromatic N) is 2. The van der Waals surface area contributed by atoms with Crippen LogP contribution in [0.25, 0.3) is 21.3 Å². The van der Waals surface area contributed by atoms with Gasteiger partial charge in [-0.15, -0.1) is 11.3 Å². The lowest BCUT2D eigenvalue weighted by Gasteiger charge is -2.05. The Morgan fingerprint density at radius 2 is 2.00 bits per heavy atom. The summed E-state index contributed by atoms with van der Waals surface area (Å²) in [5.74, 6) is -1.10. The molecular weight excluding hydrogens is 335 g/mol. The van der Waals surface area contributed by atoms with Crippen molar-refractivity contribution in [2.45, 2.75) is 6.54 Å². The number of hydrogen-bond donors (Lipinski definition) is 2. The molecule has 0 radical (unpaired) electrons. The van der Waals surface area contributed by atoms with Gasteiger partial charge in [-0.2, -0.15) is 0 Å². The average molecular weight is 346 g/mol. The summed E-state index contributed by atoms with van der Waals surface area (Å²) < 4.78 is 14.2. The first-order valence-electron chi connectivity index (χ1n) is 6.77. The molecule has 7 nitrogen and oxygen atoms in total. The molecule has 0 unspecified atom stereocenters. The maximum absolute atomic E-state index is 13.1. The molecule has 0 aliphatic carbocycles. The van der Waals surface area contributed by atoms with Crippen molar-refractivity contribution < 1.29 is 14.0 Å². The van der Waals surface area contributed by atoms with Crippen LogP contribution in [0.3, 0.4) is 0 Å². The lowest BCUT2D eigenvalue weighted by atomic mass is 10.1. The SMILES string of the molecule is NC(=O)NC(=O)Cn1cnc2scc(-c3ccc(F)cc3)c2c1=O. The van der Waals surface area contributed by atoms with Gasteiger partial charge in [-0.05, 0) is 17.7 Å². The van der Waals surface area contributed by atoms with Crippen LogP contribution in [0, 0.1) is 5.82 Å². The normalized spacial score (nSPS) is 10.7. The van der Waals surface area contributed by atoms with Gasteiger partial charge in [0.15, 0.2) is 0 Å². The number of hydrogen-bond acceptors (Lipinski definition) is 5. The van der Waals surface area contributed by atoms with E-state index >= 15 is 0 Å². The highest BCUT2D eigenvalue weighted by atomic mass is 32.1. The second-order valence-corrected chi connectivity index (χ2v) is 5.78. The van der Waals surface area contributed by atoms with Crippen molar-refractivity contribution in [3.8, 4) is 11.1 Å². The highest BCUT2D eigenvalue weighted by Gasteiger charge is 2.15. The number of nitrogens with two attached hydrogens (primary N) is 1. The highest BCUT2D eigenvalue weighted by Crippen LogP contribution is 2.30. The van der Waals surface area contributed by atoms with Crippen LogP contribution in [0.2, 0.25) is 0 Å². The number of aromatic nitrogens is 2. The zero-order chi connectivity index (χ0) is 17.3. The van der Waals surface area contributed by atoms with Gasteiger partial charge in [-0.25, -0.2) is 14.2 Å². The lowest BCUT2D eigenvalue weighted by Crippen LogP contribution is -2.39. The summed E-state index contributed by atoms with van der Waals surface area (Å²) in [7, 11) is 0. The average Bonchev–Trinajstić information content (AvgIpc) is 2.95. The predicted octanol–water partition coefficient (Wildman–Crippen LogP) is 1.46. The molecule has 0 saturated carbocycles. The quantitative estimate of drug-likeness (QED) is 0.748. The largest absolute Gasteiger partial charge is 0.351 e. The zero-order valence-electron chi connectivity index (χ0n) is 12.2. The van der Waals surface area contributed by atoms with Crippen LogP contribution >= 0.6 is 11.3 Å². The van der Waals surface area contributed by atoms with Gasteiger partial charge in [-0.3, -0.25) is 19.5 Å². The summed E-state index contributed by atoms with van der Waals surface area (Å²) in [4.78, 5) is 39.6. The minimum absolute atomic E-state index is 0.334. The third kappa shape index (κ3) is 3.01. The fourth-order valence-corrected chi connectivity index (χ4v) is 3.16. The molecular formula is C15H11FN4O3S. The van der Waals surface area contributed by atoms with Gasteiger partial charge in [0.05, 0.1) is 11.7 Å². The number of halogens is 1. The standard InChI is InChI=1S/C15H11FN4O3S/c16-9-3-1-8(2-4-9)10-6-24-13-12(10)14(22)20(7-18-13)5-11(21)19-15(17)23/h1-4,6-7H,5H2,(H3,17,19,21,23). The highest BCUT2D eigenvalue weighted by molar-refractivity contribution is 7.17. The molecule has 3 N–H and O–H groups in total. The van der Waals surface area contributed by atoms with E-state index in [1.807, 2.05) is 5.32 Å². The van der Waals surface area contributed by atoms with Crippen LogP contribution < -0.4 is 16.6 Å². The van der Waals surface area contributed by atoms with Gasteiger partial charge >= 0.3 is 6.03 Å². The van der Waals surface area contributed by atoms with E-state index in [0.29, 0.717) is 21.3 Å². The molecule has 3 amide bonds. The fraction of sp³-hybridized carbons (Fsp3) is 0.0667. The van der Waals surface area contributed by atoms with E-state index in [-0.39, 0.29) is 12.4 Å². The maximum Gasteiger partial charge on any atom is 0.318 e. The number of carbonyl (C=O) groups is 2. The summed E-state index contributed by atoms with van der Waals surface area (Å²) in [6.07, 6.45) is 1.23. The van der Waals surface area contributed by atoms with E-state index in [9.17, 15) is 18.8 Å². The van der Waals surface area contributed by atoms with Gasteiger partial charge in [0.2, 0.25) is 5.91 Å². The molecule has 0 saturated heterocycles. The van der Waals surface area contributed by atoms with Crippen molar-refractivity contribution in [2.24, 2.45) is 5.73 Å². The smallest absolute Gasteiger partial charge is 0.318 e. The van der Waals surface area contributed by atoms with Crippen molar-refractivity contribution >= 4 is 33.5 Å². The molecule has 9 heteroatoms. The Morgan fingerprint density at radius 1 is 1.29 bits per heavy atom. The predicted molar refractivity (Wildman–Crippen MR) is 87.0 cm³/mol. The number of thiophene rings is 1. The van der Waals surface area contributed by atoms with Crippen LogP contribution in [-0.2, 0) is 11.3 Å². The van der Waals surface area contributed by atoms with Gasteiger partial charge in [0.25, 0.3) is 5.56 Å². The Labute approximate surface area is 138 Å². The van der Waals surface area contributed by atoms with Crippen molar-refractivity contribution in [3.63, 3.8) is 0 Å². The first-order valence-corrected chi connectivity index (χ1v) is 7.65. The van der Waals surface area contributed by atoms with Crippen LogP contribution in [0.1, 0.15) is 0 Å². The number of amides is 3. The molecule has 0 bridgehead atoms. The van der Waals surface area contributed by atoms with Crippen molar-refractivity contribution in [3.05, 3.63) is 52.1 Å². The Hall–Kier alpha value is -3.07. The summed E-state index contributed by atoms with van der Waals surface area (Å²) in [5, 5.41) is 3.97. The molecule has 0 aliphatic heterocycles. The molecule has 3 rings (SSSR count). The second kappa shape index (κ2) is 6.20. The number of primary amides is 1. The summed E-state index contributed by atoms with van der Waals surface area (Å²) in [6.45, 7) is -0.385. The second-order valence-electron chi connectivity index (χ2n) is 4.93. The van der Waals surface area contributed by atoms with Gasteiger partial charge < -0.3 is 5.73 Å². The van der Waals surface area contributed by atoms with E-state index in [2.05, 4.69) is 4.98 Å². The zero-order valence-corrected chi connectivity index (χ0v) is 13.0. The topological polar surface area (TPSA) is 107 Å². The number of urea groups is 1. The summed E-state index contributed by atoms with van der Waals surface area (Å²) in [6, 6.07) is 4.73. The van der Waals surface area contributed by atoms with Crippen LogP contribution in [0.5, 0.6) is 0 Å². The van der Waals surface area contributed by atoms with Crippen LogP contribution in [0.15, 0.2) is 40.8 Å². The van der Waals surface area contributed by atoms with Gasteiger partial charge in [0.1, 0.15) is 17.2 Å². The number of nitrogens with one attached hydrogen (secondary N) is 1. The molecule has 122 valence electrons. The first kappa shape index (κ1) is 15.8. The maximum atomic E-state index is 13.1. The Bertz CT molecular complexity index is 994. The molecule has 2 heterocycles. The first-order chi connectivity index (χ1) is 11.5. The Balaban J connectivity index is 2.06. The minimum atomic E-state index is -0.996. The van der Waals surface area contributed by atoms with Crippen molar-refractivity contribution in [1.29, 1.82) is 0 Å². The molecule has 0 fully saturated rings. The molecule has 0 atom stereocenters. The van der Waals surface area contributed by atoms with Crippen molar-refractivity contribution in [1.82, 2.24) is 14.9 Å². The third-order valence-corrected chi connectivity index (χ3v) is 4.18. The Morgan fingerprint density at radius 3 is 2.67 bits per heavy atom. The molecule has 0 spiro atoms. The number of imide groups is 1. The monoisotopic (exact) mass is 346 g/mol. The van der Waals surface area contributed by atoms with Crippen LogP contribution in [0.4, 0.5) is 9.18 Å². The van der Waals surface area contributed by atoms with Gasteiger partial charge in [-0.1, -0.05) is 12.1 Å². The summed E-state index contributed by atoms with van der Waals surface area (Å²) >= 11 is 1.27. The lowest BCUT2D eigenvalue weighted by molar-refractivity contribution is -0.120. The molecule has 0 aliphatic rings. The van der Waals surface area contributed by atoms with E-state index in [1.54, 1.807) is 17.5 Å². The van der Waals surface area contributed by atoms with Crippen LogP contribution in [-0.4, -0.2) is 21.5 Å². The fourth-order valence-electron chi connectivity index (χ4n) is 2.25. The summed E-state index contributed by atoms with van der Waals surface area (Å²) in [5.41, 5.74) is 5.71. The van der Waals surface area contributed by atoms with Gasteiger partial charge in [0, 0.05) is 10.9 Å².